The van der Waals surface area contributed by atoms with E-state index in [0.717, 1.165) is 23.1 Å². The molecule has 1 saturated heterocycles. The Labute approximate surface area is 192 Å². The average Bonchev–Trinajstić information content (AvgIpc) is 2.83. The van der Waals surface area contributed by atoms with Gasteiger partial charge in [-0.05, 0) is 60.7 Å². The summed E-state index contributed by atoms with van der Waals surface area (Å²) in [6.45, 7) is 2.74. The Bertz CT molecular complexity index is 1290. The summed E-state index contributed by atoms with van der Waals surface area (Å²) in [7, 11) is -3.78. The van der Waals surface area contributed by atoms with E-state index in [-0.39, 0.29) is 35.1 Å². The van der Waals surface area contributed by atoms with Gasteiger partial charge in [0.05, 0.1) is 21.6 Å². The van der Waals surface area contributed by atoms with Gasteiger partial charge in [-0.25, -0.2) is 8.42 Å². The molecule has 170 valence electrons. The number of fused-ring (bicyclic) bond motifs is 3. The van der Waals surface area contributed by atoms with Gasteiger partial charge in [-0.15, -0.1) is 0 Å². The Morgan fingerprint density at radius 3 is 2.39 bits per heavy atom. The van der Waals surface area contributed by atoms with E-state index in [1.165, 1.54) is 16.4 Å². The van der Waals surface area contributed by atoms with Crippen LogP contribution >= 0.6 is 0 Å². The van der Waals surface area contributed by atoms with Gasteiger partial charge in [0.2, 0.25) is 0 Å². The second-order valence-corrected chi connectivity index (χ2v) is 10.5. The molecular weight excluding hydrogens is 440 g/mol. The molecule has 3 aromatic rings. The number of nitro groups is 1. The lowest BCUT2D eigenvalue weighted by molar-refractivity contribution is -0.384. The molecule has 0 N–H and O–H groups in total. The monoisotopic (exact) mass is 464 g/mol. The minimum absolute atomic E-state index is 0.0173. The van der Waals surface area contributed by atoms with Crippen LogP contribution in [0.1, 0.15) is 35.1 Å². The maximum atomic E-state index is 13.7. The zero-order valence-electron chi connectivity index (χ0n) is 18.1. The molecule has 33 heavy (non-hydrogen) atoms. The van der Waals surface area contributed by atoms with Crippen molar-refractivity contribution in [2.75, 3.05) is 17.5 Å². The standard InChI is InChI=1S/C25H24N2O5S/c1-17-6-12-20(13-7-17)33(30,31)26-16-23-21(22-4-2-3-5-24(22)26)14-15-32-25(23)18-8-10-19(11-9-18)27(28)29/h2-13,21,23,25H,14-16H2,1H3. The highest BCUT2D eigenvalue weighted by atomic mass is 32.2. The van der Waals surface area contributed by atoms with Crippen molar-refractivity contribution in [2.45, 2.75) is 30.3 Å². The second-order valence-electron chi connectivity index (χ2n) is 8.61. The fraction of sp³-hybridized carbons (Fsp3) is 0.280. The Kier molecular flexibility index (Phi) is 5.42. The molecule has 0 aromatic heterocycles. The molecule has 3 atom stereocenters. The molecule has 2 aliphatic heterocycles. The van der Waals surface area contributed by atoms with Gasteiger partial charge in [-0.3, -0.25) is 14.4 Å². The number of non-ortho nitro benzene ring substituents is 1. The predicted octanol–water partition coefficient (Wildman–Crippen LogP) is 4.97. The van der Waals surface area contributed by atoms with E-state index in [4.69, 9.17) is 4.74 Å². The van der Waals surface area contributed by atoms with E-state index in [2.05, 4.69) is 0 Å². The zero-order chi connectivity index (χ0) is 23.2. The first kappa shape index (κ1) is 21.6. The number of hydrogen-bond acceptors (Lipinski definition) is 5. The van der Waals surface area contributed by atoms with Crippen LogP contribution in [-0.4, -0.2) is 26.5 Å². The molecule has 1 fully saturated rings. The number of nitrogens with zero attached hydrogens (tertiary/aromatic N) is 2. The van der Waals surface area contributed by atoms with Gasteiger partial charge in [0.15, 0.2) is 0 Å². The van der Waals surface area contributed by atoms with E-state index >= 15 is 0 Å². The Hall–Kier alpha value is -3.23. The maximum absolute atomic E-state index is 13.7. The van der Waals surface area contributed by atoms with Crippen LogP contribution in [0.2, 0.25) is 0 Å². The van der Waals surface area contributed by atoms with Gasteiger partial charge in [-0.2, -0.15) is 0 Å². The third kappa shape index (κ3) is 3.79. The third-order valence-electron chi connectivity index (χ3n) is 6.65. The lowest BCUT2D eigenvalue weighted by Gasteiger charge is -2.46. The van der Waals surface area contributed by atoms with E-state index in [0.29, 0.717) is 12.3 Å². The molecule has 0 saturated carbocycles. The number of ether oxygens (including phenoxy) is 1. The first-order chi connectivity index (χ1) is 15.9. The number of nitro benzene ring substituents is 1. The van der Waals surface area contributed by atoms with Crippen LogP contribution in [0.4, 0.5) is 11.4 Å². The number of sulfonamides is 1. The van der Waals surface area contributed by atoms with Crippen molar-refractivity contribution in [3.63, 3.8) is 0 Å². The summed E-state index contributed by atoms with van der Waals surface area (Å²) in [6, 6.07) is 20.9. The molecule has 2 aliphatic rings. The summed E-state index contributed by atoms with van der Waals surface area (Å²) in [4.78, 5) is 10.9. The van der Waals surface area contributed by atoms with E-state index in [1.807, 2.05) is 31.2 Å². The van der Waals surface area contributed by atoms with Crippen molar-refractivity contribution in [2.24, 2.45) is 5.92 Å². The minimum Gasteiger partial charge on any atom is -0.373 e. The number of aryl methyl sites for hydroxylation is 1. The van der Waals surface area contributed by atoms with Crippen LogP contribution in [0.5, 0.6) is 0 Å². The summed E-state index contributed by atoms with van der Waals surface area (Å²) < 4.78 is 35.1. The number of para-hydroxylation sites is 1. The molecule has 0 spiro atoms. The molecule has 0 bridgehead atoms. The van der Waals surface area contributed by atoms with Crippen molar-refractivity contribution in [1.82, 2.24) is 0 Å². The quantitative estimate of drug-likeness (QED) is 0.402. The molecule has 0 radical (unpaired) electrons. The van der Waals surface area contributed by atoms with Crippen molar-refractivity contribution < 1.29 is 18.1 Å². The highest BCUT2D eigenvalue weighted by molar-refractivity contribution is 7.92. The largest absolute Gasteiger partial charge is 0.373 e. The first-order valence-electron chi connectivity index (χ1n) is 10.9. The van der Waals surface area contributed by atoms with Crippen LogP contribution in [0, 0.1) is 23.0 Å². The molecular formula is C25H24N2O5S. The van der Waals surface area contributed by atoms with E-state index < -0.39 is 14.9 Å². The highest BCUT2D eigenvalue weighted by Crippen LogP contribution is 2.50. The molecule has 7 nitrogen and oxygen atoms in total. The van der Waals surface area contributed by atoms with Gasteiger partial charge in [0.25, 0.3) is 15.7 Å². The van der Waals surface area contributed by atoms with Gasteiger partial charge >= 0.3 is 0 Å². The van der Waals surface area contributed by atoms with Crippen LogP contribution in [-0.2, 0) is 14.8 Å². The first-order valence-corrected chi connectivity index (χ1v) is 12.3. The van der Waals surface area contributed by atoms with E-state index in [1.54, 1.807) is 36.4 Å². The Balaban J connectivity index is 1.57. The zero-order valence-corrected chi connectivity index (χ0v) is 18.9. The predicted molar refractivity (Wildman–Crippen MR) is 125 cm³/mol. The Morgan fingerprint density at radius 1 is 1.00 bits per heavy atom. The normalized spacial score (nSPS) is 22.3. The summed E-state index contributed by atoms with van der Waals surface area (Å²) in [5.74, 6) is 0.0231. The molecule has 5 rings (SSSR count). The topological polar surface area (TPSA) is 89.8 Å². The van der Waals surface area contributed by atoms with Crippen LogP contribution in [0.3, 0.4) is 0 Å². The Morgan fingerprint density at radius 2 is 1.70 bits per heavy atom. The van der Waals surface area contributed by atoms with Gasteiger partial charge in [0, 0.05) is 31.2 Å². The molecule has 0 aliphatic carbocycles. The molecule has 2 heterocycles. The number of rotatable bonds is 4. The van der Waals surface area contributed by atoms with Gasteiger partial charge in [0.1, 0.15) is 0 Å². The number of anilines is 1. The lowest BCUT2D eigenvalue weighted by atomic mass is 9.74. The fourth-order valence-corrected chi connectivity index (χ4v) is 6.52. The molecule has 3 unspecified atom stereocenters. The van der Waals surface area contributed by atoms with Crippen LogP contribution < -0.4 is 4.31 Å². The second kappa shape index (κ2) is 8.28. The third-order valence-corrected chi connectivity index (χ3v) is 8.45. The molecule has 8 heteroatoms. The lowest BCUT2D eigenvalue weighted by Crippen LogP contribution is -2.46. The number of benzene rings is 3. The fourth-order valence-electron chi connectivity index (χ4n) is 4.99. The maximum Gasteiger partial charge on any atom is 0.269 e. The molecule has 0 amide bonds. The average molecular weight is 465 g/mol. The highest BCUT2D eigenvalue weighted by Gasteiger charge is 2.44. The van der Waals surface area contributed by atoms with Crippen molar-refractivity contribution >= 4 is 21.4 Å². The summed E-state index contributed by atoms with van der Waals surface area (Å²) in [5, 5.41) is 11.1. The summed E-state index contributed by atoms with van der Waals surface area (Å²) in [5.41, 5.74) is 3.54. The smallest absolute Gasteiger partial charge is 0.269 e. The van der Waals surface area contributed by atoms with Crippen molar-refractivity contribution in [3.8, 4) is 0 Å². The minimum atomic E-state index is -3.78. The van der Waals surface area contributed by atoms with Crippen LogP contribution in [0.25, 0.3) is 0 Å². The van der Waals surface area contributed by atoms with E-state index in [9.17, 15) is 18.5 Å². The van der Waals surface area contributed by atoms with Gasteiger partial charge < -0.3 is 4.74 Å². The van der Waals surface area contributed by atoms with Crippen molar-refractivity contribution in [1.29, 1.82) is 0 Å². The van der Waals surface area contributed by atoms with Crippen molar-refractivity contribution in [3.05, 3.63) is 99.6 Å². The SMILES string of the molecule is Cc1ccc(S(=O)(=O)N2CC3C(CCOC3c3ccc([N+](=O)[O-])cc3)c3ccccc32)cc1. The number of hydrogen-bond donors (Lipinski definition) is 0. The van der Waals surface area contributed by atoms with Gasteiger partial charge in [-0.1, -0.05) is 35.9 Å². The molecule has 3 aromatic carbocycles. The summed E-state index contributed by atoms with van der Waals surface area (Å²) in [6.07, 6.45) is 0.442. The summed E-state index contributed by atoms with van der Waals surface area (Å²) >= 11 is 0. The van der Waals surface area contributed by atoms with Crippen LogP contribution in [0.15, 0.2) is 77.7 Å².